The number of nitrogens with one attached hydrogen (secondary N) is 1. The molecule has 0 heterocycles. The van der Waals surface area contributed by atoms with Gasteiger partial charge in [0.2, 0.25) is 5.91 Å². The number of nitrogen functional groups attached to an aromatic ring is 1. The number of sulfone groups is 1. The fourth-order valence-electron chi connectivity index (χ4n) is 1.27. The summed E-state index contributed by atoms with van der Waals surface area (Å²) in [5, 5.41) is 2.45. The number of methoxy groups -OCH3 is 1. The molecule has 0 aliphatic rings. The smallest absolute Gasteiger partial charge is 0.239 e. The van der Waals surface area contributed by atoms with Crippen LogP contribution in [0.3, 0.4) is 0 Å². The van der Waals surface area contributed by atoms with Crippen LogP contribution in [-0.4, -0.2) is 32.9 Å². The first-order valence-corrected chi connectivity index (χ1v) is 7.14. The molecule has 0 atom stereocenters. The van der Waals surface area contributed by atoms with E-state index in [4.69, 9.17) is 10.5 Å². The van der Waals surface area contributed by atoms with Gasteiger partial charge in [-0.15, -0.1) is 0 Å². The summed E-state index contributed by atoms with van der Waals surface area (Å²) in [7, 11) is -1.84. The zero-order valence-corrected chi connectivity index (χ0v) is 11.1. The molecule has 3 N–H and O–H groups in total. The second-order valence-corrected chi connectivity index (χ2v) is 6.03. The molecule has 0 bridgehead atoms. The molecule has 0 unspecified atom stereocenters. The van der Waals surface area contributed by atoms with Crippen molar-refractivity contribution in [2.45, 2.75) is 6.92 Å². The first-order valence-electron chi connectivity index (χ1n) is 5.31. The highest BCUT2D eigenvalue weighted by molar-refractivity contribution is 7.92. The molecule has 1 amide bonds. The summed E-state index contributed by atoms with van der Waals surface area (Å²) >= 11 is 0. The Balaban J connectivity index is 2.77. The molecule has 0 saturated heterocycles. The highest BCUT2D eigenvalue weighted by atomic mass is 32.2. The molecule has 0 aliphatic heterocycles. The predicted octanol–water partition coefficient (Wildman–Crippen LogP) is 0.651. The van der Waals surface area contributed by atoms with Gasteiger partial charge in [0.1, 0.15) is 11.5 Å². The van der Waals surface area contributed by atoms with Crippen LogP contribution in [0.2, 0.25) is 0 Å². The van der Waals surface area contributed by atoms with E-state index in [1.54, 1.807) is 18.2 Å². The average molecular weight is 272 g/mol. The van der Waals surface area contributed by atoms with Crippen LogP contribution in [0.4, 0.5) is 11.4 Å². The molecule has 0 aliphatic carbocycles. The summed E-state index contributed by atoms with van der Waals surface area (Å²) < 4.78 is 27.5. The summed E-state index contributed by atoms with van der Waals surface area (Å²) in [6, 6.07) is 4.73. The monoisotopic (exact) mass is 272 g/mol. The molecule has 1 rings (SSSR count). The number of carbonyl (C=O) groups excluding carboxylic acids is 1. The zero-order chi connectivity index (χ0) is 13.8. The fourth-order valence-corrected chi connectivity index (χ4v) is 1.95. The van der Waals surface area contributed by atoms with E-state index in [0.717, 1.165) is 0 Å². The predicted molar refractivity (Wildman–Crippen MR) is 70.4 cm³/mol. The number of anilines is 2. The third-order valence-electron chi connectivity index (χ3n) is 2.32. The third-order valence-corrected chi connectivity index (χ3v) is 3.91. The van der Waals surface area contributed by atoms with Crippen LogP contribution in [0, 0.1) is 0 Å². The third kappa shape index (κ3) is 3.92. The van der Waals surface area contributed by atoms with Crippen LogP contribution in [0.25, 0.3) is 0 Å². The minimum atomic E-state index is -3.34. The first-order chi connectivity index (χ1) is 8.38. The number of amides is 1. The lowest BCUT2D eigenvalue weighted by atomic mass is 10.2. The molecule has 7 heteroatoms. The van der Waals surface area contributed by atoms with E-state index in [2.05, 4.69) is 5.32 Å². The Morgan fingerprint density at radius 3 is 2.61 bits per heavy atom. The maximum absolute atomic E-state index is 11.5. The molecule has 0 fully saturated rings. The normalized spacial score (nSPS) is 11.0. The van der Waals surface area contributed by atoms with Gasteiger partial charge in [0, 0.05) is 11.8 Å². The van der Waals surface area contributed by atoms with E-state index < -0.39 is 21.5 Å². The van der Waals surface area contributed by atoms with Gasteiger partial charge in [-0.05, 0) is 12.1 Å². The van der Waals surface area contributed by atoms with E-state index in [1.807, 2.05) is 0 Å². The van der Waals surface area contributed by atoms with Gasteiger partial charge in [-0.3, -0.25) is 4.79 Å². The molecule has 0 spiro atoms. The molecule has 1 aromatic rings. The number of hydrogen-bond donors (Lipinski definition) is 2. The fraction of sp³-hybridized carbons (Fsp3) is 0.364. The molecule has 6 nitrogen and oxygen atoms in total. The van der Waals surface area contributed by atoms with E-state index in [9.17, 15) is 13.2 Å². The number of benzene rings is 1. The van der Waals surface area contributed by atoms with Crippen molar-refractivity contribution >= 4 is 27.1 Å². The van der Waals surface area contributed by atoms with Crippen molar-refractivity contribution in [1.29, 1.82) is 0 Å². The first kappa shape index (κ1) is 14.3. The highest BCUT2D eigenvalue weighted by Gasteiger charge is 2.15. The number of ether oxygens (including phenoxy) is 1. The second-order valence-electron chi connectivity index (χ2n) is 3.68. The van der Waals surface area contributed by atoms with Crippen molar-refractivity contribution in [3.8, 4) is 5.75 Å². The van der Waals surface area contributed by atoms with Crippen molar-refractivity contribution in [2.24, 2.45) is 0 Å². The largest absolute Gasteiger partial charge is 0.497 e. The second kappa shape index (κ2) is 5.72. The van der Waals surface area contributed by atoms with Crippen LogP contribution in [0.1, 0.15) is 6.92 Å². The average Bonchev–Trinajstić information content (AvgIpc) is 2.31. The Morgan fingerprint density at radius 2 is 2.11 bits per heavy atom. The van der Waals surface area contributed by atoms with Crippen molar-refractivity contribution in [1.82, 2.24) is 0 Å². The standard InChI is InChI=1S/C11H16N2O4S/c1-3-18(15,16)7-11(14)13-10-5-4-8(17-2)6-9(10)12/h4-6H,3,7,12H2,1-2H3,(H,13,14). The van der Waals surface area contributed by atoms with Gasteiger partial charge in [-0.1, -0.05) is 6.92 Å². The minimum absolute atomic E-state index is 0.0709. The van der Waals surface area contributed by atoms with Gasteiger partial charge < -0.3 is 15.8 Å². The molecule has 0 saturated carbocycles. The van der Waals surface area contributed by atoms with Crippen LogP contribution in [0.15, 0.2) is 18.2 Å². The Labute approximate surface area is 106 Å². The SMILES string of the molecule is CCS(=O)(=O)CC(=O)Nc1ccc(OC)cc1N. The van der Waals surface area contributed by atoms with E-state index >= 15 is 0 Å². The van der Waals surface area contributed by atoms with Crippen molar-refractivity contribution in [2.75, 3.05) is 29.7 Å². The Bertz CT molecular complexity index is 540. The molecule has 0 radical (unpaired) electrons. The van der Waals surface area contributed by atoms with Gasteiger partial charge >= 0.3 is 0 Å². The quantitative estimate of drug-likeness (QED) is 0.767. The maximum Gasteiger partial charge on any atom is 0.239 e. The molecular formula is C11H16N2O4S. The van der Waals surface area contributed by atoms with E-state index in [-0.39, 0.29) is 5.75 Å². The summed E-state index contributed by atoms with van der Waals surface area (Å²) in [6.07, 6.45) is 0. The zero-order valence-electron chi connectivity index (χ0n) is 10.3. The Morgan fingerprint density at radius 1 is 1.44 bits per heavy atom. The summed E-state index contributed by atoms with van der Waals surface area (Å²) in [6.45, 7) is 1.49. The minimum Gasteiger partial charge on any atom is -0.497 e. The van der Waals surface area contributed by atoms with Gasteiger partial charge in [-0.25, -0.2) is 8.42 Å². The lowest BCUT2D eigenvalue weighted by Crippen LogP contribution is -2.24. The summed E-state index contributed by atoms with van der Waals surface area (Å²) in [5.74, 6) is -0.659. The molecule has 1 aromatic carbocycles. The van der Waals surface area contributed by atoms with Gasteiger partial charge in [0.15, 0.2) is 9.84 Å². The van der Waals surface area contributed by atoms with Crippen molar-refractivity contribution < 1.29 is 17.9 Å². The number of rotatable bonds is 5. The van der Waals surface area contributed by atoms with Crippen LogP contribution < -0.4 is 15.8 Å². The Hall–Kier alpha value is -1.76. The van der Waals surface area contributed by atoms with Gasteiger partial charge in [-0.2, -0.15) is 0 Å². The highest BCUT2D eigenvalue weighted by Crippen LogP contribution is 2.23. The summed E-state index contributed by atoms with van der Waals surface area (Å²) in [5.41, 5.74) is 6.38. The number of nitrogens with two attached hydrogens (primary N) is 1. The summed E-state index contributed by atoms with van der Waals surface area (Å²) in [4.78, 5) is 11.5. The van der Waals surface area contributed by atoms with Crippen molar-refractivity contribution in [3.05, 3.63) is 18.2 Å². The maximum atomic E-state index is 11.5. The molecule has 0 aromatic heterocycles. The Kier molecular flexibility index (Phi) is 4.55. The van der Waals surface area contributed by atoms with Crippen LogP contribution in [0.5, 0.6) is 5.75 Å². The topological polar surface area (TPSA) is 98.5 Å². The van der Waals surface area contributed by atoms with E-state index in [0.29, 0.717) is 17.1 Å². The van der Waals surface area contributed by atoms with Gasteiger partial charge in [0.25, 0.3) is 0 Å². The van der Waals surface area contributed by atoms with Gasteiger partial charge in [0.05, 0.1) is 18.5 Å². The lowest BCUT2D eigenvalue weighted by molar-refractivity contribution is -0.113. The lowest BCUT2D eigenvalue weighted by Gasteiger charge is -2.09. The number of carbonyl (C=O) groups is 1. The number of hydrogen-bond acceptors (Lipinski definition) is 5. The molecule has 18 heavy (non-hydrogen) atoms. The van der Waals surface area contributed by atoms with E-state index in [1.165, 1.54) is 14.0 Å². The molecular weight excluding hydrogens is 256 g/mol. The van der Waals surface area contributed by atoms with Crippen LogP contribution >= 0.6 is 0 Å². The van der Waals surface area contributed by atoms with Crippen molar-refractivity contribution in [3.63, 3.8) is 0 Å². The van der Waals surface area contributed by atoms with Crippen LogP contribution in [-0.2, 0) is 14.6 Å². The molecule has 100 valence electrons.